The maximum atomic E-state index is 11.0. The minimum atomic E-state index is -1.01. The highest BCUT2D eigenvalue weighted by molar-refractivity contribution is 5.93. The van der Waals surface area contributed by atoms with Gasteiger partial charge in [0.2, 0.25) is 5.89 Å². The van der Waals surface area contributed by atoms with Gasteiger partial charge in [0.25, 0.3) is 0 Å². The summed E-state index contributed by atoms with van der Waals surface area (Å²) in [7, 11) is 0. The lowest BCUT2D eigenvalue weighted by Crippen LogP contribution is -2.10. The van der Waals surface area contributed by atoms with E-state index in [1.165, 1.54) is 12.5 Å². The molecule has 2 rings (SSSR count). The van der Waals surface area contributed by atoms with E-state index in [0.717, 1.165) is 5.69 Å². The zero-order valence-electron chi connectivity index (χ0n) is 9.75. The van der Waals surface area contributed by atoms with Crippen LogP contribution < -0.4 is 5.32 Å². The predicted octanol–water partition coefficient (Wildman–Crippen LogP) is 1.13. The molecule has 2 heterocycles. The van der Waals surface area contributed by atoms with Crippen LogP contribution >= 0.6 is 0 Å². The van der Waals surface area contributed by atoms with Crippen LogP contribution in [0.3, 0.4) is 0 Å². The van der Waals surface area contributed by atoms with Gasteiger partial charge in [0.15, 0.2) is 6.33 Å². The molecule has 0 spiro atoms. The molecular formula is C11H12N4O3. The molecule has 0 bridgehead atoms. The Morgan fingerprint density at radius 3 is 3.00 bits per heavy atom. The van der Waals surface area contributed by atoms with Crippen LogP contribution in [0.1, 0.15) is 21.9 Å². The van der Waals surface area contributed by atoms with Crippen LogP contribution in [0.15, 0.2) is 23.1 Å². The van der Waals surface area contributed by atoms with Crippen LogP contribution in [0, 0.1) is 6.92 Å². The molecule has 0 radical (unpaired) electrons. The van der Waals surface area contributed by atoms with Gasteiger partial charge in [-0.15, -0.1) is 0 Å². The molecule has 0 aliphatic carbocycles. The van der Waals surface area contributed by atoms with Gasteiger partial charge in [-0.25, -0.2) is 4.79 Å². The Labute approximate surface area is 103 Å². The van der Waals surface area contributed by atoms with Crippen molar-refractivity contribution in [1.29, 1.82) is 0 Å². The average Bonchev–Trinajstić information content (AvgIpc) is 2.82. The molecule has 0 aromatic carbocycles. The van der Waals surface area contributed by atoms with E-state index in [4.69, 9.17) is 9.63 Å². The number of carboxylic acid groups (broad SMARTS) is 1. The molecule has 7 nitrogen and oxygen atoms in total. The Morgan fingerprint density at radius 1 is 1.50 bits per heavy atom. The molecule has 2 aromatic rings. The van der Waals surface area contributed by atoms with E-state index in [1.807, 2.05) is 0 Å². The fraction of sp³-hybridized carbons (Fsp3) is 0.273. The van der Waals surface area contributed by atoms with E-state index in [1.54, 1.807) is 13.0 Å². The van der Waals surface area contributed by atoms with Crippen LogP contribution in [0.5, 0.6) is 0 Å². The van der Waals surface area contributed by atoms with E-state index in [2.05, 4.69) is 20.4 Å². The fourth-order valence-electron chi connectivity index (χ4n) is 1.49. The molecule has 0 aliphatic heterocycles. The van der Waals surface area contributed by atoms with Crippen LogP contribution in [0.4, 0.5) is 5.69 Å². The van der Waals surface area contributed by atoms with E-state index < -0.39 is 5.97 Å². The molecule has 0 atom stereocenters. The number of nitrogens with zero attached hydrogens (tertiary/aromatic N) is 3. The number of carbonyl (C=O) groups is 1. The number of hydrogen-bond donors (Lipinski definition) is 2. The van der Waals surface area contributed by atoms with E-state index in [9.17, 15) is 4.79 Å². The van der Waals surface area contributed by atoms with Gasteiger partial charge in [-0.3, -0.25) is 4.98 Å². The lowest BCUT2D eigenvalue weighted by atomic mass is 10.2. The van der Waals surface area contributed by atoms with Gasteiger partial charge in [0, 0.05) is 24.9 Å². The summed E-state index contributed by atoms with van der Waals surface area (Å²) in [6.07, 6.45) is 3.20. The lowest BCUT2D eigenvalue weighted by Gasteiger charge is -2.08. The van der Waals surface area contributed by atoms with Crippen molar-refractivity contribution in [1.82, 2.24) is 15.1 Å². The summed E-state index contributed by atoms with van der Waals surface area (Å²) in [4.78, 5) is 18.8. The number of pyridine rings is 1. The number of hydrogen-bond acceptors (Lipinski definition) is 6. The first-order valence-corrected chi connectivity index (χ1v) is 5.36. The third-order valence-electron chi connectivity index (χ3n) is 2.33. The van der Waals surface area contributed by atoms with Crippen molar-refractivity contribution in [2.45, 2.75) is 13.3 Å². The summed E-state index contributed by atoms with van der Waals surface area (Å²) in [5.41, 5.74) is 1.43. The number of aromatic carboxylic acids is 1. The Balaban J connectivity index is 2.03. The highest BCUT2D eigenvalue weighted by Gasteiger charge is 2.10. The smallest absolute Gasteiger partial charge is 0.339 e. The molecule has 18 heavy (non-hydrogen) atoms. The Morgan fingerprint density at radius 2 is 2.33 bits per heavy atom. The van der Waals surface area contributed by atoms with Gasteiger partial charge < -0.3 is 14.9 Å². The van der Waals surface area contributed by atoms with Gasteiger partial charge in [0.1, 0.15) is 5.56 Å². The topological polar surface area (TPSA) is 101 Å². The molecule has 2 N–H and O–H groups in total. The normalized spacial score (nSPS) is 10.3. The van der Waals surface area contributed by atoms with Crippen LogP contribution in [-0.4, -0.2) is 32.7 Å². The second-order valence-electron chi connectivity index (χ2n) is 3.69. The predicted molar refractivity (Wildman–Crippen MR) is 62.4 cm³/mol. The molecule has 0 saturated carbocycles. The van der Waals surface area contributed by atoms with Crippen LogP contribution in [0.2, 0.25) is 0 Å². The van der Waals surface area contributed by atoms with Crippen molar-refractivity contribution in [3.63, 3.8) is 0 Å². The quantitative estimate of drug-likeness (QED) is 0.817. The lowest BCUT2D eigenvalue weighted by molar-refractivity contribution is 0.0697. The first kappa shape index (κ1) is 12.0. The Hall–Kier alpha value is -2.44. The van der Waals surface area contributed by atoms with Crippen molar-refractivity contribution in [2.75, 3.05) is 11.9 Å². The molecule has 0 saturated heterocycles. The standard InChI is InChI=1S/C11H12N4O3/c1-7-4-9(8(5-13-7)11(16)17)12-3-2-10-14-6-15-18-10/h4-6H,2-3H2,1H3,(H,12,13)(H,16,17). The maximum Gasteiger partial charge on any atom is 0.339 e. The summed E-state index contributed by atoms with van der Waals surface area (Å²) in [5.74, 6) is -0.507. The number of nitrogens with one attached hydrogen (secondary N) is 1. The van der Waals surface area contributed by atoms with Gasteiger partial charge >= 0.3 is 5.97 Å². The van der Waals surface area contributed by atoms with E-state index in [0.29, 0.717) is 24.5 Å². The van der Waals surface area contributed by atoms with Crippen molar-refractivity contribution in [3.8, 4) is 0 Å². The summed E-state index contributed by atoms with van der Waals surface area (Å²) in [6.45, 7) is 2.31. The molecule has 94 valence electrons. The zero-order chi connectivity index (χ0) is 13.0. The highest BCUT2D eigenvalue weighted by Crippen LogP contribution is 2.15. The number of aromatic nitrogens is 3. The highest BCUT2D eigenvalue weighted by atomic mass is 16.5. The van der Waals surface area contributed by atoms with E-state index >= 15 is 0 Å². The third-order valence-corrected chi connectivity index (χ3v) is 2.33. The molecular weight excluding hydrogens is 236 g/mol. The van der Waals surface area contributed by atoms with Crippen molar-refractivity contribution in [3.05, 3.63) is 35.7 Å². The summed E-state index contributed by atoms with van der Waals surface area (Å²) in [5, 5.41) is 15.5. The second kappa shape index (κ2) is 5.26. The molecule has 2 aromatic heterocycles. The zero-order valence-corrected chi connectivity index (χ0v) is 9.75. The van der Waals surface area contributed by atoms with Crippen molar-refractivity contribution in [2.24, 2.45) is 0 Å². The molecule has 0 amide bonds. The minimum Gasteiger partial charge on any atom is -0.478 e. The minimum absolute atomic E-state index is 0.145. The van der Waals surface area contributed by atoms with Gasteiger partial charge in [-0.05, 0) is 13.0 Å². The Bertz CT molecular complexity index is 539. The van der Waals surface area contributed by atoms with Gasteiger partial charge in [0.05, 0.1) is 5.69 Å². The first-order valence-electron chi connectivity index (χ1n) is 5.36. The SMILES string of the molecule is Cc1cc(NCCc2ncno2)c(C(=O)O)cn1. The number of aryl methyl sites for hydroxylation is 1. The fourth-order valence-corrected chi connectivity index (χ4v) is 1.49. The summed E-state index contributed by atoms with van der Waals surface area (Å²) in [6, 6.07) is 1.69. The van der Waals surface area contributed by atoms with Crippen molar-refractivity contribution >= 4 is 11.7 Å². The van der Waals surface area contributed by atoms with Gasteiger partial charge in [-0.2, -0.15) is 4.98 Å². The monoisotopic (exact) mass is 248 g/mol. The van der Waals surface area contributed by atoms with Crippen LogP contribution in [-0.2, 0) is 6.42 Å². The van der Waals surface area contributed by atoms with Gasteiger partial charge in [-0.1, -0.05) is 5.16 Å². The number of rotatable bonds is 5. The third kappa shape index (κ3) is 2.82. The molecule has 0 unspecified atom stereocenters. The number of carboxylic acids is 1. The van der Waals surface area contributed by atoms with Crippen molar-refractivity contribution < 1.29 is 14.4 Å². The molecule has 0 aliphatic rings. The number of anilines is 1. The van der Waals surface area contributed by atoms with E-state index in [-0.39, 0.29) is 5.56 Å². The second-order valence-corrected chi connectivity index (χ2v) is 3.69. The maximum absolute atomic E-state index is 11.0. The summed E-state index contributed by atoms with van der Waals surface area (Å²) >= 11 is 0. The molecule has 0 fully saturated rings. The Kier molecular flexibility index (Phi) is 3.52. The first-order chi connectivity index (χ1) is 8.66. The average molecular weight is 248 g/mol. The molecule has 7 heteroatoms. The summed E-state index contributed by atoms with van der Waals surface area (Å²) < 4.78 is 4.84. The largest absolute Gasteiger partial charge is 0.478 e. The van der Waals surface area contributed by atoms with Crippen LogP contribution in [0.25, 0.3) is 0 Å².